The first-order valence-electron chi connectivity index (χ1n) is 9.99. The lowest BCUT2D eigenvalue weighted by atomic mass is 10.0. The molecule has 2 aromatic carbocycles. The van der Waals surface area contributed by atoms with Gasteiger partial charge in [-0.1, -0.05) is 35.3 Å². The molecule has 2 heterocycles. The van der Waals surface area contributed by atoms with Crippen molar-refractivity contribution in [3.05, 3.63) is 65.0 Å². The lowest BCUT2D eigenvalue weighted by Crippen LogP contribution is -2.45. The van der Waals surface area contributed by atoms with Crippen molar-refractivity contribution >= 4 is 16.8 Å². The topological polar surface area (TPSA) is 46.6 Å². The maximum atomic E-state index is 13.0. The molecule has 1 saturated heterocycles. The van der Waals surface area contributed by atoms with Crippen LogP contribution in [0, 0.1) is 5.82 Å². The molecule has 0 aromatic heterocycles. The molecule has 0 amide bonds. The van der Waals surface area contributed by atoms with Crippen LogP contribution in [0.1, 0.15) is 29.5 Å². The molecule has 2 aliphatic heterocycles. The van der Waals surface area contributed by atoms with E-state index in [0.717, 1.165) is 57.4 Å². The Morgan fingerprint density at radius 2 is 1.75 bits per heavy atom. The standard InChI is InChI=1S/C22H27FN2O2S/c23-20-5-2-17(3-6-20)7-11-24-12-9-21(10-13-24)25-14-8-19-4-1-18(15-22(19)25)16-28(26)27/h1-6,15,21H,7-14,16H2,(H,26,27)/p-1. The number of benzene rings is 2. The minimum absolute atomic E-state index is 0.0863. The molecule has 0 aliphatic carbocycles. The smallest absolute Gasteiger partial charge is 0.123 e. The molecule has 0 spiro atoms. The molecule has 150 valence electrons. The molecule has 6 heteroatoms. The van der Waals surface area contributed by atoms with E-state index >= 15 is 0 Å². The fourth-order valence-electron chi connectivity index (χ4n) is 4.45. The number of hydrogen-bond acceptors (Lipinski definition) is 4. The van der Waals surface area contributed by atoms with E-state index in [1.807, 2.05) is 18.2 Å². The van der Waals surface area contributed by atoms with Crippen LogP contribution in [-0.2, 0) is 29.7 Å². The number of piperidine rings is 1. The van der Waals surface area contributed by atoms with E-state index < -0.39 is 11.1 Å². The summed E-state index contributed by atoms with van der Waals surface area (Å²) >= 11 is -2.05. The van der Waals surface area contributed by atoms with E-state index in [9.17, 15) is 13.2 Å². The van der Waals surface area contributed by atoms with Crippen molar-refractivity contribution in [1.82, 2.24) is 4.90 Å². The minimum Gasteiger partial charge on any atom is -0.772 e. The van der Waals surface area contributed by atoms with Crippen LogP contribution in [0.3, 0.4) is 0 Å². The molecule has 0 saturated carbocycles. The monoisotopic (exact) mass is 401 g/mol. The summed E-state index contributed by atoms with van der Waals surface area (Å²) in [6.07, 6.45) is 4.25. The van der Waals surface area contributed by atoms with Gasteiger partial charge in [0.2, 0.25) is 0 Å². The van der Waals surface area contributed by atoms with E-state index in [1.54, 1.807) is 0 Å². The van der Waals surface area contributed by atoms with Crippen LogP contribution in [0.15, 0.2) is 42.5 Å². The van der Waals surface area contributed by atoms with E-state index in [4.69, 9.17) is 0 Å². The first kappa shape index (κ1) is 19.6. The molecule has 1 atom stereocenters. The fraction of sp³-hybridized carbons (Fsp3) is 0.455. The van der Waals surface area contributed by atoms with Crippen LogP contribution in [0.4, 0.5) is 10.1 Å². The van der Waals surface area contributed by atoms with Gasteiger partial charge in [-0.05, 0) is 60.6 Å². The van der Waals surface area contributed by atoms with Gasteiger partial charge in [0.05, 0.1) is 0 Å². The first-order valence-corrected chi connectivity index (χ1v) is 11.2. The first-order chi connectivity index (χ1) is 13.6. The van der Waals surface area contributed by atoms with Crippen LogP contribution in [0.2, 0.25) is 0 Å². The molecule has 2 aromatic rings. The Morgan fingerprint density at radius 1 is 1.04 bits per heavy atom. The lowest BCUT2D eigenvalue weighted by molar-refractivity contribution is 0.212. The fourth-order valence-corrected chi connectivity index (χ4v) is 4.90. The maximum Gasteiger partial charge on any atom is 0.123 e. The summed E-state index contributed by atoms with van der Waals surface area (Å²) in [5.41, 5.74) is 4.61. The summed E-state index contributed by atoms with van der Waals surface area (Å²) in [5.74, 6) is -0.0942. The molecule has 0 radical (unpaired) electrons. The number of rotatable bonds is 6. The maximum absolute atomic E-state index is 13.0. The predicted octanol–water partition coefficient (Wildman–Crippen LogP) is 3.27. The Bertz CT molecular complexity index is 835. The van der Waals surface area contributed by atoms with Gasteiger partial charge in [-0.3, -0.25) is 4.21 Å². The zero-order chi connectivity index (χ0) is 19.5. The third-order valence-corrected chi connectivity index (χ3v) is 6.56. The van der Waals surface area contributed by atoms with Gasteiger partial charge in [-0.2, -0.15) is 0 Å². The summed E-state index contributed by atoms with van der Waals surface area (Å²) < 4.78 is 35.1. The Labute approximate surface area is 168 Å². The minimum atomic E-state index is -2.05. The summed E-state index contributed by atoms with van der Waals surface area (Å²) in [5, 5.41) is 0. The van der Waals surface area contributed by atoms with E-state index in [0.29, 0.717) is 6.04 Å². The average molecular weight is 402 g/mol. The van der Waals surface area contributed by atoms with Crippen LogP contribution in [0.5, 0.6) is 0 Å². The number of likely N-dealkylation sites (tertiary alicyclic amines) is 1. The number of anilines is 1. The number of nitrogens with zero attached hydrogens (tertiary/aromatic N) is 2. The Morgan fingerprint density at radius 3 is 2.46 bits per heavy atom. The Balaban J connectivity index is 1.32. The highest BCUT2D eigenvalue weighted by Gasteiger charge is 2.29. The second kappa shape index (κ2) is 8.72. The summed E-state index contributed by atoms with van der Waals surface area (Å²) in [6, 6.07) is 13.4. The molecule has 28 heavy (non-hydrogen) atoms. The van der Waals surface area contributed by atoms with Crippen LogP contribution in [0.25, 0.3) is 0 Å². The normalized spacial score (nSPS) is 19.0. The SMILES string of the molecule is O=S([O-])Cc1ccc2c(c1)N(C1CCN(CCc3ccc(F)cc3)CC1)CC2. The van der Waals surface area contributed by atoms with Gasteiger partial charge in [0.1, 0.15) is 5.82 Å². The van der Waals surface area contributed by atoms with E-state index in [2.05, 4.69) is 21.9 Å². The van der Waals surface area contributed by atoms with Gasteiger partial charge in [0.15, 0.2) is 0 Å². The van der Waals surface area contributed by atoms with Gasteiger partial charge < -0.3 is 14.4 Å². The highest BCUT2D eigenvalue weighted by Crippen LogP contribution is 2.33. The summed E-state index contributed by atoms with van der Waals surface area (Å²) in [7, 11) is 0. The van der Waals surface area contributed by atoms with Crippen molar-refractivity contribution in [2.24, 2.45) is 0 Å². The Kier molecular flexibility index (Phi) is 6.09. The average Bonchev–Trinajstić information content (AvgIpc) is 3.11. The molecular formula is C22H26FN2O2S-. The highest BCUT2D eigenvalue weighted by atomic mass is 32.2. The zero-order valence-corrected chi connectivity index (χ0v) is 16.8. The van der Waals surface area contributed by atoms with Crippen molar-refractivity contribution in [2.75, 3.05) is 31.1 Å². The van der Waals surface area contributed by atoms with Crippen molar-refractivity contribution < 1.29 is 13.2 Å². The van der Waals surface area contributed by atoms with Crippen LogP contribution in [-0.4, -0.2) is 45.9 Å². The van der Waals surface area contributed by atoms with E-state index in [-0.39, 0.29) is 11.6 Å². The molecule has 4 nitrogen and oxygen atoms in total. The molecule has 2 aliphatic rings. The van der Waals surface area contributed by atoms with Crippen LogP contribution < -0.4 is 4.90 Å². The number of halogens is 1. The second-order valence-electron chi connectivity index (χ2n) is 7.80. The Hall–Kier alpha value is -1.76. The van der Waals surface area contributed by atoms with Crippen molar-refractivity contribution in [1.29, 1.82) is 0 Å². The van der Waals surface area contributed by atoms with Crippen molar-refractivity contribution in [3.63, 3.8) is 0 Å². The van der Waals surface area contributed by atoms with Crippen LogP contribution >= 0.6 is 0 Å². The van der Waals surface area contributed by atoms with E-state index in [1.165, 1.54) is 28.9 Å². The van der Waals surface area contributed by atoms with Gasteiger partial charge in [-0.25, -0.2) is 4.39 Å². The number of hydrogen-bond donors (Lipinski definition) is 0. The molecular weight excluding hydrogens is 375 g/mol. The molecule has 0 bridgehead atoms. The van der Waals surface area contributed by atoms with Gasteiger partial charge >= 0.3 is 0 Å². The zero-order valence-electron chi connectivity index (χ0n) is 16.0. The van der Waals surface area contributed by atoms with Gasteiger partial charge in [-0.15, -0.1) is 0 Å². The highest BCUT2D eigenvalue weighted by molar-refractivity contribution is 7.78. The van der Waals surface area contributed by atoms with Crippen molar-refractivity contribution in [2.45, 2.75) is 37.5 Å². The summed E-state index contributed by atoms with van der Waals surface area (Å²) in [6.45, 7) is 4.18. The molecule has 1 fully saturated rings. The molecule has 0 N–H and O–H groups in total. The summed E-state index contributed by atoms with van der Waals surface area (Å²) in [4.78, 5) is 4.98. The number of fused-ring (bicyclic) bond motifs is 1. The van der Waals surface area contributed by atoms with Crippen molar-refractivity contribution in [3.8, 4) is 0 Å². The molecule has 4 rings (SSSR count). The lowest BCUT2D eigenvalue weighted by Gasteiger charge is -2.38. The largest absolute Gasteiger partial charge is 0.772 e. The third kappa shape index (κ3) is 4.62. The second-order valence-corrected chi connectivity index (χ2v) is 8.70. The quantitative estimate of drug-likeness (QED) is 0.697. The molecule has 1 unspecified atom stereocenters. The van der Waals surface area contributed by atoms with Gasteiger partial charge in [0.25, 0.3) is 0 Å². The van der Waals surface area contributed by atoms with Gasteiger partial charge in [0, 0.05) is 43.7 Å². The third-order valence-electron chi connectivity index (χ3n) is 5.99. The predicted molar refractivity (Wildman–Crippen MR) is 110 cm³/mol.